The number of aromatic amines is 1. The second-order valence-corrected chi connectivity index (χ2v) is 5.39. The van der Waals surface area contributed by atoms with E-state index in [-0.39, 0.29) is 17.9 Å². The van der Waals surface area contributed by atoms with E-state index in [1.165, 1.54) is 0 Å². The van der Waals surface area contributed by atoms with E-state index in [9.17, 15) is 14.7 Å². The van der Waals surface area contributed by atoms with E-state index in [1.807, 2.05) is 31.2 Å². The number of para-hydroxylation sites is 1. The number of pyridine rings is 1. The molecule has 0 bridgehead atoms. The van der Waals surface area contributed by atoms with Gasteiger partial charge in [0.15, 0.2) is 0 Å². The number of aryl methyl sites for hydroxylation is 1. The number of amides is 1. The van der Waals surface area contributed by atoms with Gasteiger partial charge in [-0.25, -0.2) is 0 Å². The summed E-state index contributed by atoms with van der Waals surface area (Å²) < 4.78 is 0. The number of rotatable bonds is 3. The van der Waals surface area contributed by atoms with Crippen molar-refractivity contribution in [2.75, 3.05) is 0 Å². The van der Waals surface area contributed by atoms with Crippen LogP contribution in [-0.4, -0.2) is 16.0 Å². The number of aromatic nitrogens is 1. The second-order valence-electron chi connectivity index (χ2n) is 5.39. The fraction of sp³-hybridized carbons (Fsp3) is 0.111. The van der Waals surface area contributed by atoms with Crippen LogP contribution in [0.5, 0.6) is 5.75 Å². The highest BCUT2D eigenvalue weighted by atomic mass is 16.3. The van der Waals surface area contributed by atoms with Gasteiger partial charge in [-0.1, -0.05) is 42.0 Å². The highest BCUT2D eigenvalue weighted by molar-refractivity contribution is 6.01. The maximum atomic E-state index is 12.3. The summed E-state index contributed by atoms with van der Waals surface area (Å²) in [4.78, 5) is 27.0. The lowest BCUT2D eigenvalue weighted by molar-refractivity contribution is 0.0947. The van der Waals surface area contributed by atoms with E-state index in [0.29, 0.717) is 10.9 Å². The number of aromatic hydroxyl groups is 1. The number of fused-ring (bicyclic) bond motifs is 1. The first-order chi connectivity index (χ1) is 11.1. The lowest BCUT2D eigenvalue weighted by atomic mass is 10.1. The molecule has 0 aliphatic heterocycles. The molecule has 1 aromatic heterocycles. The smallest absolute Gasteiger partial charge is 0.265 e. The summed E-state index contributed by atoms with van der Waals surface area (Å²) >= 11 is 0. The first kappa shape index (κ1) is 14.8. The number of H-pyrrole nitrogens is 1. The van der Waals surface area contributed by atoms with E-state index in [2.05, 4.69) is 10.3 Å². The number of carbonyl (C=O) groups excluding carboxylic acids is 1. The van der Waals surface area contributed by atoms with Gasteiger partial charge in [-0.3, -0.25) is 9.59 Å². The Balaban J connectivity index is 1.89. The quantitative estimate of drug-likeness (QED) is 0.695. The molecule has 3 rings (SSSR count). The predicted molar refractivity (Wildman–Crippen MR) is 88.6 cm³/mol. The number of hydrogen-bond acceptors (Lipinski definition) is 3. The Hall–Kier alpha value is -3.08. The third-order valence-electron chi connectivity index (χ3n) is 3.69. The molecule has 1 heterocycles. The minimum atomic E-state index is -0.609. The molecule has 3 aromatic rings. The number of benzene rings is 2. The van der Waals surface area contributed by atoms with Crippen molar-refractivity contribution in [3.05, 3.63) is 75.6 Å². The number of nitrogens with one attached hydrogen (secondary N) is 2. The van der Waals surface area contributed by atoms with Crippen molar-refractivity contribution in [2.24, 2.45) is 0 Å². The lowest BCUT2D eigenvalue weighted by Gasteiger charge is -2.08. The Labute approximate surface area is 132 Å². The van der Waals surface area contributed by atoms with Crippen molar-refractivity contribution in [3.8, 4) is 5.75 Å². The normalized spacial score (nSPS) is 10.7. The molecule has 0 saturated heterocycles. The molecule has 0 unspecified atom stereocenters. The maximum absolute atomic E-state index is 12.3. The predicted octanol–water partition coefficient (Wildman–Crippen LogP) is 2.47. The minimum Gasteiger partial charge on any atom is -0.506 e. The summed E-state index contributed by atoms with van der Waals surface area (Å²) in [5.41, 5.74) is 1.66. The van der Waals surface area contributed by atoms with Crippen LogP contribution in [0.25, 0.3) is 10.9 Å². The monoisotopic (exact) mass is 308 g/mol. The lowest BCUT2D eigenvalue weighted by Crippen LogP contribution is -2.29. The highest BCUT2D eigenvalue weighted by Gasteiger charge is 2.18. The molecule has 0 aliphatic rings. The fourth-order valence-corrected chi connectivity index (χ4v) is 2.41. The van der Waals surface area contributed by atoms with Crippen molar-refractivity contribution in [2.45, 2.75) is 13.5 Å². The van der Waals surface area contributed by atoms with Gasteiger partial charge in [0.1, 0.15) is 11.3 Å². The number of carbonyl (C=O) groups is 1. The highest BCUT2D eigenvalue weighted by Crippen LogP contribution is 2.24. The number of hydrogen-bond donors (Lipinski definition) is 3. The van der Waals surface area contributed by atoms with Crippen molar-refractivity contribution < 1.29 is 9.90 Å². The molecule has 3 N–H and O–H groups in total. The van der Waals surface area contributed by atoms with Gasteiger partial charge >= 0.3 is 0 Å². The van der Waals surface area contributed by atoms with Gasteiger partial charge in [0.05, 0.1) is 5.52 Å². The Bertz CT molecular complexity index is 927. The summed E-state index contributed by atoms with van der Waals surface area (Å²) in [5, 5.41) is 13.4. The molecule has 0 radical (unpaired) electrons. The van der Waals surface area contributed by atoms with Gasteiger partial charge in [-0.05, 0) is 24.6 Å². The van der Waals surface area contributed by atoms with Gasteiger partial charge in [0, 0.05) is 11.9 Å². The minimum absolute atomic E-state index is 0.268. The molecule has 0 saturated carbocycles. The van der Waals surface area contributed by atoms with Crippen LogP contribution in [0.4, 0.5) is 0 Å². The molecular weight excluding hydrogens is 292 g/mol. The van der Waals surface area contributed by atoms with Gasteiger partial charge in [0.2, 0.25) is 0 Å². The fourth-order valence-electron chi connectivity index (χ4n) is 2.41. The largest absolute Gasteiger partial charge is 0.506 e. The van der Waals surface area contributed by atoms with Crippen LogP contribution in [-0.2, 0) is 6.54 Å². The Morgan fingerprint density at radius 2 is 1.83 bits per heavy atom. The molecule has 0 spiro atoms. The Morgan fingerprint density at radius 1 is 1.13 bits per heavy atom. The van der Waals surface area contributed by atoms with Crippen LogP contribution in [0.15, 0.2) is 53.3 Å². The average molecular weight is 308 g/mol. The topological polar surface area (TPSA) is 82.2 Å². The SMILES string of the molecule is Cc1ccc(CNC(=O)c2c(O)c3ccccc3[nH]c2=O)cc1. The molecule has 23 heavy (non-hydrogen) atoms. The molecular formula is C18H16N2O3. The maximum Gasteiger partial charge on any atom is 0.265 e. The third-order valence-corrected chi connectivity index (χ3v) is 3.69. The Morgan fingerprint density at radius 3 is 2.57 bits per heavy atom. The van der Waals surface area contributed by atoms with E-state index in [1.54, 1.807) is 24.3 Å². The van der Waals surface area contributed by atoms with Crippen LogP contribution in [0.2, 0.25) is 0 Å². The van der Waals surface area contributed by atoms with Crippen LogP contribution in [0.1, 0.15) is 21.5 Å². The summed E-state index contributed by atoms with van der Waals surface area (Å²) in [6, 6.07) is 14.5. The van der Waals surface area contributed by atoms with Gasteiger partial charge < -0.3 is 15.4 Å². The van der Waals surface area contributed by atoms with Gasteiger partial charge in [0.25, 0.3) is 11.5 Å². The standard InChI is InChI=1S/C18H16N2O3/c1-11-6-8-12(9-7-11)10-19-17(22)15-16(21)13-4-2-3-5-14(13)20-18(15)23/h2-9H,10H2,1H3,(H,19,22)(H2,20,21,23). The average Bonchev–Trinajstić information content (AvgIpc) is 2.54. The summed E-state index contributed by atoms with van der Waals surface area (Å²) in [6.07, 6.45) is 0. The first-order valence-corrected chi connectivity index (χ1v) is 7.24. The molecule has 1 amide bonds. The van der Waals surface area contributed by atoms with Crippen molar-refractivity contribution in [3.63, 3.8) is 0 Å². The van der Waals surface area contributed by atoms with Crippen LogP contribution in [0.3, 0.4) is 0 Å². The third kappa shape index (κ3) is 2.94. The summed E-state index contributed by atoms with van der Waals surface area (Å²) in [5.74, 6) is -0.902. The van der Waals surface area contributed by atoms with Crippen molar-refractivity contribution in [1.82, 2.24) is 10.3 Å². The van der Waals surface area contributed by atoms with Crippen LogP contribution >= 0.6 is 0 Å². The van der Waals surface area contributed by atoms with E-state index in [4.69, 9.17) is 0 Å². The summed E-state index contributed by atoms with van der Waals surface area (Å²) in [6.45, 7) is 2.26. The molecule has 0 fully saturated rings. The molecule has 5 nitrogen and oxygen atoms in total. The molecule has 0 atom stereocenters. The Kier molecular flexibility index (Phi) is 3.85. The van der Waals surface area contributed by atoms with E-state index >= 15 is 0 Å². The molecule has 5 heteroatoms. The summed E-state index contributed by atoms with van der Waals surface area (Å²) in [7, 11) is 0. The zero-order chi connectivity index (χ0) is 16.4. The van der Waals surface area contributed by atoms with Gasteiger partial charge in [-0.15, -0.1) is 0 Å². The molecule has 0 aliphatic carbocycles. The zero-order valence-electron chi connectivity index (χ0n) is 12.6. The first-order valence-electron chi connectivity index (χ1n) is 7.24. The second kappa shape index (κ2) is 5.96. The van der Waals surface area contributed by atoms with Crippen LogP contribution in [0, 0.1) is 6.92 Å². The van der Waals surface area contributed by atoms with Crippen LogP contribution < -0.4 is 10.9 Å². The molecule has 116 valence electrons. The van der Waals surface area contributed by atoms with Crippen molar-refractivity contribution in [1.29, 1.82) is 0 Å². The van der Waals surface area contributed by atoms with Crippen molar-refractivity contribution >= 4 is 16.8 Å². The van der Waals surface area contributed by atoms with E-state index < -0.39 is 11.5 Å². The van der Waals surface area contributed by atoms with Gasteiger partial charge in [-0.2, -0.15) is 0 Å². The zero-order valence-corrected chi connectivity index (χ0v) is 12.6. The van der Waals surface area contributed by atoms with E-state index in [0.717, 1.165) is 11.1 Å². The molecule has 2 aromatic carbocycles.